The van der Waals surface area contributed by atoms with Gasteiger partial charge in [-0.25, -0.2) is 4.79 Å². The lowest BCUT2D eigenvalue weighted by molar-refractivity contribution is 0.0470. The van der Waals surface area contributed by atoms with Crippen molar-refractivity contribution in [2.24, 2.45) is 0 Å². The number of para-hydroxylation sites is 1. The highest BCUT2D eigenvalue weighted by Crippen LogP contribution is 2.23. The summed E-state index contributed by atoms with van der Waals surface area (Å²) in [7, 11) is 0. The Morgan fingerprint density at radius 2 is 1.91 bits per heavy atom. The SMILES string of the molecule is CC(C)c1cc(C(=O)OCc2ccccn2)c2ccccc2n1. The van der Waals surface area contributed by atoms with Gasteiger partial charge in [0.25, 0.3) is 0 Å². The third kappa shape index (κ3) is 3.37. The molecule has 0 saturated heterocycles. The highest BCUT2D eigenvalue weighted by atomic mass is 16.5. The molecule has 4 nitrogen and oxygen atoms in total. The van der Waals surface area contributed by atoms with E-state index in [9.17, 15) is 4.79 Å². The molecule has 0 atom stereocenters. The minimum absolute atomic E-state index is 0.160. The molecule has 2 heterocycles. The zero-order valence-corrected chi connectivity index (χ0v) is 13.2. The summed E-state index contributed by atoms with van der Waals surface area (Å²) in [6.45, 7) is 4.27. The molecule has 0 saturated carbocycles. The zero-order valence-electron chi connectivity index (χ0n) is 13.2. The number of aromatic nitrogens is 2. The van der Waals surface area contributed by atoms with Gasteiger partial charge < -0.3 is 4.74 Å². The summed E-state index contributed by atoms with van der Waals surface area (Å²) >= 11 is 0. The van der Waals surface area contributed by atoms with Crippen LogP contribution in [0.3, 0.4) is 0 Å². The van der Waals surface area contributed by atoms with Gasteiger partial charge in [0.15, 0.2) is 0 Å². The number of carbonyl (C=O) groups is 1. The van der Waals surface area contributed by atoms with E-state index in [0.29, 0.717) is 5.56 Å². The van der Waals surface area contributed by atoms with Gasteiger partial charge in [-0.05, 0) is 30.2 Å². The van der Waals surface area contributed by atoms with Crippen molar-refractivity contribution in [3.63, 3.8) is 0 Å². The molecule has 0 bridgehead atoms. The Bertz CT molecular complexity index is 829. The van der Waals surface area contributed by atoms with Crippen LogP contribution < -0.4 is 0 Å². The third-order valence-electron chi connectivity index (χ3n) is 3.62. The fraction of sp³-hybridized carbons (Fsp3) is 0.211. The van der Waals surface area contributed by atoms with Crippen molar-refractivity contribution in [3.05, 3.63) is 71.7 Å². The maximum absolute atomic E-state index is 12.5. The van der Waals surface area contributed by atoms with Gasteiger partial charge in [0.2, 0.25) is 0 Å². The van der Waals surface area contributed by atoms with Crippen LogP contribution in [0.5, 0.6) is 0 Å². The molecule has 0 aliphatic rings. The molecule has 0 amide bonds. The first-order valence-electron chi connectivity index (χ1n) is 7.62. The van der Waals surface area contributed by atoms with E-state index in [-0.39, 0.29) is 18.5 Å². The number of fused-ring (bicyclic) bond motifs is 1. The minimum atomic E-state index is -0.351. The van der Waals surface area contributed by atoms with E-state index in [4.69, 9.17) is 4.74 Å². The Hall–Kier alpha value is -2.75. The number of nitrogens with zero attached hydrogens (tertiary/aromatic N) is 2. The normalized spacial score (nSPS) is 10.9. The largest absolute Gasteiger partial charge is 0.456 e. The highest BCUT2D eigenvalue weighted by molar-refractivity contribution is 6.03. The van der Waals surface area contributed by atoms with E-state index in [1.54, 1.807) is 6.20 Å². The van der Waals surface area contributed by atoms with E-state index in [1.165, 1.54) is 0 Å². The highest BCUT2D eigenvalue weighted by Gasteiger charge is 2.15. The number of benzene rings is 1. The average Bonchev–Trinajstić information content (AvgIpc) is 2.59. The van der Waals surface area contributed by atoms with Gasteiger partial charge in [0, 0.05) is 17.3 Å². The molecule has 0 unspecified atom stereocenters. The molecule has 0 radical (unpaired) electrons. The summed E-state index contributed by atoms with van der Waals surface area (Å²) in [6.07, 6.45) is 1.68. The van der Waals surface area contributed by atoms with Crippen molar-refractivity contribution in [1.82, 2.24) is 9.97 Å². The second-order valence-corrected chi connectivity index (χ2v) is 5.66. The lowest BCUT2D eigenvalue weighted by atomic mass is 10.0. The Balaban J connectivity index is 1.92. The number of ether oxygens (including phenoxy) is 1. The molecule has 0 fully saturated rings. The number of hydrogen-bond donors (Lipinski definition) is 0. The van der Waals surface area contributed by atoms with Crippen molar-refractivity contribution >= 4 is 16.9 Å². The molecular formula is C19H18N2O2. The predicted octanol–water partition coefficient (Wildman–Crippen LogP) is 4.11. The molecule has 1 aromatic carbocycles. The molecule has 0 aliphatic heterocycles. The fourth-order valence-electron chi connectivity index (χ4n) is 2.36. The average molecular weight is 306 g/mol. The van der Waals surface area contributed by atoms with Crippen LogP contribution in [0, 0.1) is 0 Å². The monoisotopic (exact) mass is 306 g/mol. The Kier molecular flexibility index (Phi) is 4.33. The van der Waals surface area contributed by atoms with Gasteiger partial charge in [0.1, 0.15) is 6.61 Å². The van der Waals surface area contributed by atoms with Crippen LogP contribution in [0.1, 0.15) is 41.5 Å². The van der Waals surface area contributed by atoms with Gasteiger partial charge in [-0.2, -0.15) is 0 Å². The van der Waals surface area contributed by atoms with Crippen molar-refractivity contribution < 1.29 is 9.53 Å². The van der Waals surface area contributed by atoms with Crippen LogP contribution in [0.2, 0.25) is 0 Å². The second-order valence-electron chi connectivity index (χ2n) is 5.66. The van der Waals surface area contributed by atoms with Gasteiger partial charge in [-0.3, -0.25) is 9.97 Å². The van der Waals surface area contributed by atoms with Crippen molar-refractivity contribution in [1.29, 1.82) is 0 Å². The first-order valence-corrected chi connectivity index (χ1v) is 7.62. The Morgan fingerprint density at radius 3 is 2.65 bits per heavy atom. The number of carbonyl (C=O) groups excluding carboxylic acids is 1. The quantitative estimate of drug-likeness (QED) is 0.681. The van der Waals surface area contributed by atoms with Crippen molar-refractivity contribution in [2.45, 2.75) is 26.4 Å². The van der Waals surface area contributed by atoms with Crippen LogP contribution >= 0.6 is 0 Å². The third-order valence-corrected chi connectivity index (χ3v) is 3.62. The van der Waals surface area contributed by atoms with Gasteiger partial charge in [-0.1, -0.05) is 38.1 Å². The maximum atomic E-state index is 12.5. The molecule has 0 N–H and O–H groups in total. The molecule has 3 rings (SSSR count). The molecule has 2 aromatic heterocycles. The number of hydrogen-bond acceptors (Lipinski definition) is 4. The van der Waals surface area contributed by atoms with Crippen LogP contribution in [0.4, 0.5) is 0 Å². The smallest absolute Gasteiger partial charge is 0.339 e. The number of rotatable bonds is 4. The fourth-order valence-corrected chi connectivity index (χ4v) is 2.36. The van der Waals surface area contributed by atoms with Gasteiger partial charge >= 0.3 is 5.97 Å². The topological polar surface area (TPSA) is 52.1 Å². The number of pyridine rings is 2. The van der Waals surface area contributed by atoms with Crippen molar-refractivity contribution in [3.8, 4) is 0 Å². The molecule has 0 spiro atoms. The summed E-state index contributed by atoms with van der Waals surface area (Å²) in [5, 5.41) is 0.808. The lowest BCUT2D eigenvalue weighted by Gasteiger charge is -2.11. The second kappa shape index (κ2) is 6.57. The predicted molar refractivity (Wildman–Crippen MR) is 89.2 cm³/mol. The van der Waals surface area contributed by atoms with Crippen LogP contribution in [0.15, 0.2) is 54.7 Å². The molecule has 4 heteroatoms. The van der Waals surface area contributed by atoms with Crippen LogP contribution in [-0.4, -0.2) is 15.9 Å². The van der Waals surface area contributed by atoms with Crippen LogP contribution in [-0.2, 0) is 11.3 Å². The number of esters is 1. The summed E-state index contributed by atoms with van der Waals surface area (Å²) in [6, 6.07) is 15.0. The first kappa shape index (κ1) is 15.2. The molecule has 0 aliphatic carbocycles. The Labute approximate surface area is 135 Å². The van der Waals surface area contributed by atoms with Gasteiger partial charge in [-0.15, -0.1) is 0 Å². The first-order chi connectivity index (χ1) is 11.1. The van der Waals surface area contributed by atoms with E-state index in [1.807, 2.05) is 48.5 Å². The molecular weight excluding hydrogens is 288 g/mol. The summed E-state index contributed by atoms with van der Waals surface area (Å²) in [5.74, 6) is -0.113. The zero-order chi connectivity index (χ0) is 16.2. The van der Waals surface area contributed by atoms with E-state index in [2.05, 4.69) is 23.8 Å². The summed E-state index contributed by atoms with van der Waals surface area (Å²) in [5.41, 5.74) is 2.97. The molecule has 3 aromatic rings. The van der Waals surface area contributed by atoms with Gasteiger partial charge in [0.05, 0.1) is 16.8 Å². The standard InChI is InChI=1S/C19H18N2O2/c1-13(2)18-11-16(15-8-3-4-9-17(15)21-18)19(22)23-12-14-7-5-6-10-20-14/h3-11,13H,12H2,1-2H3. The Morgan fingerprint density at radius 1 is 1.13 bits per heavy atom. The van der Waals surface area contributed by atoms with E-state index >= 15 is 0 Å². The maximum Gasteiger partial charge on any atom is 0.339 e. The van der Waals surface area contributed by atoms with E-state index < -0.39 is 0 Å². The minimum Gasteiger partial charge on any atom is -0.456 e. The lowest BCUT2D eigenvalue weighted by Crippen LogP contribution is -2.09. The van der Waals surface area contributed by atoms with E-state index in [0.717, 1.165) is 22.3 Å². The van der Waals surface area contributed by atoms with Crippen molar-refractivity contribution in [2.75, 3.05) is 0 Å². The summed E-state index contributed by atoms with van der Waals surface area (Å²) < 4.78 is 5.43. The van der Waals surface area contributed by atoms with Crippen LogP contribution in [0.25, 0.3) is 10.9 Å². The molecule has 23 heavy (non-hydrogen) atoms. The molecule has 116 valence electrons. The summed E-state index contributed by atoms with van der Waals surface area (Å²) in [4.78, 5) is 21.3.